The van der Waals surface area contributed by atoms with Gasteiger partial charge in [-0.1, -0.05) is 18.6 Å². The van der Waals surface area contributed by atoms with Gasteiger partial charge in [0.15, 0.2) is 11.5 Å². The molecule has 4 heteroatoms. The van der Waals surface area contributed by atoms with Gasteiger partial charge in [0, 0.05) is 44.3 Å². The number of piperazine rings is 1. The van der Waals surface area contributed by atoms with Gasteiger partial charge in [0.25, 0.3) is 0 Å². The van der Waals surface area contributed by atoms with E-state index >= 15 is 0 Å². The van der Waals surface area contributed by atoms with E-state index in [9.17, 15) is 0 Å². The van der Waals surface area contributed by atoms with Gasteiger partial charge >= 0.3 is 0 Å². The van der Waals surface area contributed by atoms with Crippen molar-refractivity contribution in [2.45, 2.75) is 38.3 Å². The smallest absolute Gasteiger partial charge is 0.165 e. The summed E-state index contributed by atoms with van der Waals surface area (Å²) in [4.78, 5) is 5.34. The first kappa shape index (κ1) is 16.2. The summed E-state index contributed by atoms with van der Waals surface area (Å²) in [6.45, 7) is 5.72. The lowest BCUT2D eigenvalue weighted by Gasteiger charge is -2.41. The molecule has 0 radical (unpaired) electrons. The third kappa shape index (κ3) is 3.02. The minimum Gasteiger partial charge on any atom is -0.493 e. The van der Waals surface area contributed by atoms with E-state index < -0.39 is 0 Å². The van der Waals surface area contributed by atoms with Crippen LogP contribution in [-0.2, 0) is 6.54 Å². The van der Waals surface area contributed by atoms with E-state index in [0.29, 0.717) is 0 Å². The van der Waals surface area contributed by atoms with Crippen LogP contribution < -0.4 is 9.47 Å². The molecular weight excluding hydrogens is 300 g/mol. The quantitative estimate of drug-likeness (QED) is 0.828. The van der Waals surface area contributed by atoms with Gasteiger partial charge in [0.05, 0.1) is 14.2 Å². The van der Waals surface area contributed by atoms with Crippen molar-refractivity contribution in [2.75, 3.05) is 40.4 Å². The molecule has 0 spiro atoms. The maximum Gasteiger partial charge on any atom is 0.165 e. The maximum absolute atomic E-state index is 5.58. The van der Waals surface area contributed by atoms with E-state index in [0.717, 1.165) is 49.0 Å². The molecule has 0 aromatic heterocycles. The Kier molecular flexibility index (Phi) is 4.68. The molecule has 0 unspecified atom stereocenters. The van der Waals surface area contributed by atoms with Crippen molar-refractivity contribution in [3.63, 3.8) is 0 Å². The van der Waals surface area contributed by atoms with Gasteiger partial charge < -0.3 is 9.47 Å². The van der Waals surface area contributed by atoms with Gasteiger partial charge in [-0.25, -0.2) is 0 Å². The molecule has 4 nitrogen and oxygen atoms in total. The number of ether oxygens (including phenoxy) is 2. The minimum atomic E-state index is 0.829. The lowest BCUT2D eigenvalue weighted by Crippen LogP contribution is -2.51. The monoisotopic (exact) mass is 330 g/mol. The Bertz CT molecular complexity index is 569. The zero-order valence-corrected chi connectivity index (χ0v) is 15.0. The first-order valence-electron chi connectivity index (χ1n) is 9.44. The highest BCUT2D eigenvalue weighted by atomic mass is 16.5. The van der Waals surface area contributed by atoms with E-state index in [1.807, 2.05) is 6.07 Å². The van der Waals surface area contributed by atoms with Gasteiger partial charge in [0.2, 0.25) is 0 Å². The number of hydrogen-bond donors (Lipinski definition) is 0. The third-order valence-corrected chi connectivity index (χ3v) is 6.46. The minimum absolute atomic E-state index is 0.829. The molecule has 4 rings (SSSR count). The topological polar surface area (TPSA) is 24.9 Å². The lowest BCUT2D eigenvalue weighted by molar-refractivity contribution is 0.0676. The Hall–Kier alpha value is -1.26. The van der Waals surface area contributed by atoms with E-state index in [2.05, 4.69) is 21.9 Å². The number of para-hydroxylation sites is 1. The Labute approximate surface area is 145 Å². The molecule has 132 valence electrons. The number of methoxy groups -OCH3 is 2. The van der Waals surface area contributed by atoms with Crippen LogP contribution in [0.1, 0.15) is 31.2 Å². The standard InChI is InChI=1S/C20H30N2O2/c1-23-19-5-3-4-17(20(19)24-2)14-21-8-10-22(11-9-21)18-13-15-6-7-16(18)12-15/h3-5,15-16,18H,6-14H2,1-2H3/t15-,16-,18-/m0/s1. The fourth-order valence-electron chi connectivity index (χ4n) is 5.23. The average Bonchev–Trinajstić information content (AvgIpc) is 3.25. The summed E-state index contributed by atoms with van der Waals surface area (Å²) in [5.74, 6) is 3.75. The molecule has 1 aromatic carbocycles. The molecule has 1 aliphatic heterocycles. The summed E-state index contributed by atoms with van der Waals surface area (Å²) in [6.07, 6.45) is 5.95. The zero-order valence-electron chi connectivity index (χ0n) is 15.0. The van der Waals surface area contributed by atoms with Crippen LogP contribution in [0.3, 0.4) is 0 Å². The second kappa shape index (κ2) is 6.93. The van der Waals surface area contributed by atoms with Gasteiger partial charge in [-0.3, -0.25) is 9.80 Å². The molecule has 0 N–H and O–H groups in total. The van der Waals surface area contributed by atoms with Crippen molar-refractivity contribution in [3.8, 4) is 11.5 Å². The number of hydrogen-bond acceptors (Lipinski definition) is 4. The SMILES string of the molecule is COc1cccc(CN2CCN([C@H]3C[C@H]4CC[C@H]3C4)CC2)c1OC. The zero-order chi connectivity index (χ0) is 16.5. The summed E-state index contributed by atoms with van der Waals surface area (Å²) < 4.78 is 11.0. The molecule has 0 amide bonds. The number of rotatable bonds is 5. The highest BCUT2D eigenvalue weighted by Gasteiger charge is 2.42. The van der Waals surface area contributed by atoms with Crippen LogP contribution in [0.15, 0.2) is 18.2 Å². The molecule has 3 atom stereocenters. The molecule has 1 aromatic rings. The Morgan fingerprint density at radius 3 is 2.46 bits per heavy atom. The number of benzene rings is 1. The van der Waals surface area contributed by atoms with Crippen LogP contribution in [0.5, 0.6) is 11.5 Å². The summed E-state index contributed by atoms with van der Waals surface area (Å²) in [6, 6.07) is 7.07. The van der Waals surface area contributed by atoms with Crippen LogP contribution in [0.4, 0.5) is 0 Å². The lowest BCUT2D eigenvalue weighted by atomic mass is 9.93. The highest BCUT2D eigenvalue weighted by molar-refractivity contribution is 5.46. The van der Waals surface area contributed by atoms with Gasteiger partial charge in [-0.15, -0.1) is 0 Å². The van der Waals surface area contributed by atoms with Crippen LogP contribution in [0, 0.1) is 11.8 Å². The molecule has 24 heavy (non-hydrogen) atoms. The average molecular weight is 330 g/mol. The highest BCUT2D eigenvalue weighted by Crippen LogP contribution is 2.46. The van der Waals surface area contributed by atoms with Gasteiger partial charge in [0.1, 0.15) is 0 Å². The predicted octanol–water partition coefficient (Wildman–Crippen LogP) is 3.01. The van der Waals surface area contributed by atoms with Crippen LogP contribution in [0.2, 0.25) is 0 Å². The number of fused-ring (bicyclic) bond motifs is 2. The second-order valence-electron chi connectivity index (χ2n) is 7.71. The Morgan fingerprint density at radius 2 is 1.83 bits per heavy atom. The fraction of sp³-hybridized carbons (Fsp3) is 0.700. The largest absolute Gasteiger partial charge is 0.493 e. The first-order valence-corrected chi connectivity index (χ1v) is 9.44. The van der Waals surface area contributed by atoms with E-state index in [1.54, 1.807) is 14.2 Å². The van der Waals surface area contributed by atoms with Crippen molar-refractivity contribution in [2.24, 2.45) is 11.8 Å². The molecule has 1 heterocycles. The van der Waals surface area contributed by atoms with E-state index in [-0.39, 0.29) is 0 Å². The summed E-state index contributed by atoms with van der Waals surface area (Å²) in [5.41, 5.74) is 1.23. The van der Waals surface area contributed by atoms with Crippen molar-refractivity contribution >= 4 is 0 Å². The molecule has 2 saturated carbocycles. The van der Waals surface area contributed by atoms with Gasteiger partial charge in [-0.2, -0.15) is 0 Å². The number of nitrogens with zero attached hydrogens (tertiary/aromatic N) is 2. The maximum atomic E-state index is 5.58. The van der Waals surface area contributed by atoms with E-state index in [4.69, 9.17) is 9.47 Å². The molecule has 2 bridgehead atoms. The first-order chi connectivity index (χ1) is 11.8. The molecular formula is C20H30N2O2. The third-order valence-electron chi connectivity index (χ3n) is 6.46. The fourth-order valence-corrected chi connectivity index (χ4v) is 5.23. The molecule has 1 saturated heterocycles. The molecule has 3 aliphatic rings. The van der Waals surface area contributed by atoms with Crippen LogP contribution >= 0.6 is 0 Å². The van der Waals surface area contributed by atoms with Crippen molar-refractivity contribution in [1.82, 2.24) is 9.80 Å². The summed E-state index contributed by atoms with van der Waals surface area (Å²) in [5, 5.41) is 0. The molecule has 2 aliphatic carbocycles. The van der Waals surface area contributed by atoms with Crippen molar-refractivity contribution in [3.05, 3.63) is 23.8 Å². The normalized spacial score (nSPS) is 30.7. The summed E-state index contributed by atoms with van der Waals surface area (Å²) >= 11 is 0. The molecule has 3 fully saturated rings. The van der Waals surface area contributed by atoms with Crippen molar-refractivity contribution < 1.29 is 9.47 Å². The van der Waals surface area contributed by atoms with Crippen LogP contribution in [0.25, 0.3) is 0 Å². The summed E-state index contributed by atoms with van der Waals surface area (Å²) in [7, 11) is 3.43. The van der Waals surface area contributed by atoms with Crippen molar-refractivity contribution in [1.29, 1.82) is 0 Å². The second-order valence-corrected chi connectivity index (χ2v) is 7.71. The Balaban J connectivity index is 1.35. The van der Waals surface area contributed by atoms with E-state index in [1.165, 1.54) is 44.3 Å². The van der Waals surface area contributed by atoms with Gasteiger partial charge in [-0.05, 0) is 37.2 Å². The predicted molar refractivity (Wildman–Crippen MR) is 95.6 cm³/mol. The Morgan fingerprint density at radius 1 is 1.00 bits per heavy atom. The van der Waals surface area contributed by atoms with Crippen LogP contribution in [-0.4, -0.2) is 56.2 Å².